The molecule has 1 aliphatic carbocycles. The topological polar surface area (TPSA) is 74.2 Å². The summed E-state index contributed by atoms with van der Waals surface area (Å²) in [4.78, 5) is 16.2. The van der Waals surface area contributed by atoms with Crippen LogP contribution in [-0.4, -0.2) is 34.2 Å². The van der Waals surface area contributed by atoms with E-state index in [0.717, 1.165) is 6.07 Å². The van der Waals surface area contributed by atoms with Crippen molar-refractivity contribution >= 4 is 22.5 Å². The number of carbonyl (C=O) groups excluding carboxylic acids is 1. The Morgan fingerprint density at radius 2 is 2.08 bits per heavy atom. The molecule has 0 spiro atoms. The van der Waals surface area contributed by atoms with Gasteiger partial charge in [-0.25, -0.2) is 4.39 Å². The molecule has 1 saturated carbocycles. The van der Waals surface area contributed by atoms with Crippen molar-refractivity contribution in [2.75, 3.05) is 5.32 Å². The summed E-state index contributed by atoms with van der Waals surface area (Å²) in [6.45, 7) is -1.19. The number of hydrogen-bond acceptors (Lipinski definition) is 4. The van der Waals surface area contributed by atoms with Gasteiger partial charge in [-0.15, -0.1) is 0 Å². The standard InChI is InChI=1S/C16H16F3N3O2/c1-16(24)5-10(6-16)21-14(23)9-2-8-3-11(17)13(22-15(18)19)4-12(8)20-7-9/h2-4,7,10,15,22,24H,5-6H2,1H3,(H,21,23). The molecule has 8 heteroatoms. The molecule has 0 unspecified atom stereocenters. The summed E-state index contributed by atoms with van der Waals surface area (Å²) in [5.41, 5.74) is -0.568. The molecule has 1 aromatic heterocycles. The number of anilines is 1. The number of pyridine rings is 1. The number of nitrogens with one attached hydrogen (secondary N) is 2. The lowest BCUT2D eigenvalue weighted by molar-refractivity contribution is -0.0366. The maximum Gasteiger partial charge on any atom is 0.313 e. The van der Waals surface area contributed by atoms with E-state index in [9.17, 15) is 23.1 Å². The Morgan fingerprint density at radius 3 is 2.71 bits per heavy atom. The Morgan fingerprint density at radius 1 is 1.38 bits per heavy atom. The molecule has 0 aliphatic heterocycles. The van der Waals surface area contributed by atoms with Crippen molar-refractivity contribution in [3.05, 3.63) is 35.8 Å². The van der Waals surface area contributed by atoms with Crippen LogP contribution in [0.15, 0.2) is 24.4 Å². The minimum atomic E-state index is -2.89. The molecule has 5 nitrogen and oxygen atoms in total. The highest BCUT2D eigenvalue weighted by atomic mass is 19.3. The second-order valence-corrected chi connectivity index (χ2v) is 6.27. The summed E-state index contributed by atoms with van der Waals surface area (Å²) >= 11 is 0. The zero-order chi connectivity index (χ0) is 17.5. The summed E-state index contributed by atoms with van der Waals surface area (Å²) in [7, 11) is 0. The van der Waals surface area contributed by atoms with Gasteiger partial charge in [0, 0.05) is 17.6 Å². The summed E-state index contributed by atoms with van der Waals surface area (Å²) in [6.07, 6.45) is 2.24. The number of nitrogens with zero attached hydrogens (tertiary/aromatic N) is 1. The Kier molecular flexibility index (Phi) is 4.08. The summed E-state index contributed by atoms with van der Waals surface area (Å²) in [5, 5.41) is 14.5. The van der Waals surface area contributed by atoms with Crippen LogP contribution in [0, 0.1) is 5.82 Å². The minimum absolute atomic E-state index is 0.113. The van der Waals surface area contributed by atoms with Gasteiger partial charge < -0.3 is 15.7 Å². The van der Waals surface area contributed by atoms with E-state index in [4.69, 9.17) is 0 Å². The molecular weight excluding hydrogens is 323 g/mol. The number of fused-ring (bicyclic) bond motifs is 1. The fourth-order valence-electron chi connectivity index (χ4n) is 2.87. The predicted molar refractivity (Wildman–Crippen MR) is 82.4 cm³/mol. The highest BCUT2D eigenvalue weighted by Gasteiger charge is 2.39. The van der Waals surface area contributed by atoms with Crippen LogP contribution in [-0.2, 0) is 0 Å². The lowest BCUT2D eigenvalue weighted by atomic mass is 9.77. The zero-order valence-electron chi connectivity index (χ0n) is 12.8. The van der Waals surface area contributed by atoms with Crippen LogP contribution in [0.5, 0.6) is 0 Å². The molecule has 0 bridgehead atoms. The molecule has 0 saturated heterocycles. The maximum absolute atomic E-state index is 13.8. The summed E-state index contributed by atoms with van der Waals surface area (Å²) in [5.74, 6) is -1.22. The third kappa shape index (κ3) is 3.43. The van der Waals surface area contributed by atoms with E-state index in [1.165, 1.54) is 18.3 Å². The first kappa shape index (κ1) is 16.5. The van der Waals surface area contributed by atoms with Crippen molar-refractivity contribution in [3.63, 3.8) is 0 Å². The van der Waals surface area contributed by atoms with Gasteiger partial charge >= 0.3 is 6.55 Å². The van der Waals surface area contributed by atoms with Crippen molar-refractivity contribution in [1.29, 1.82) is 0 Å². The Hall–Kier alpha value is -2.35. The van der Waals surface area contributed by atoms with E-state index < -0.39 is 18.0 Å². The lowest BCUT2D eigenvalue weighted by Gasteiger charge is -2.41. The number of carbonyl (C=O) groups is 1. The smallest absolute Gasteiger partial charge is 0.313 e. The van der Waals surface area contributed by atoms with Crippen LogP contribution in [0.3, 0.4) is 0 Å². The van der Waals surface area contributed by atoms with E-state index in [2.05, 4.69) is 10.3 Å². The molecule has 0 atom stereocenters. The largest absolute Gasteiger partial charge is 0.390 e. The number of alkyl halides is 2. The molecule has 0 radical (unpaired) electrons. The third-order valence-corrected chi connectivity index (χ3v) is 4.00. The number of benzene rings is 1. The van der Waals surface area contributed by atoms with E-state index in [1.54, 1.807) is 12.2 Å². The Labute approximate surface area is 135 Å². The molecule has 1 aromatic carbocycles. The van der Waals surface area contributed by atoms with Crippen LogP contribution in [0.2, 0.25) is 0 Å². The fraction of sp³-hybridized carbons (Fsp3) is 0.375. The predicted octanol–water partition coefficient (Wildman–Crippen LogP) is 2.65. The molecule has 24 heavy (non-hydrogen) atoms. The van der Waals surface area contributed by atoms with Gasteiger partial charge in [-0.1, -0.05) is 0 Å². The number of hydrogen-bond donors (Lipinski definition) is 3. The van der Waals surface area contributed by atoms with Gasteiger partial charge in [0.25, 0.3) is 5.91 Å². The van der Waals surface area contributed by atoms with Crippen LogP contribution in [0.25, 0.3) is 10.9 Å². The van der Waals surface area contributed by atoms with Crippen LogP contribution >= 0.6 is 0 Å². The highest BCUT2D eigenvalue weighted by Crippen LogP contribution is 2.31. The molecule has 1 amide bonds. The Balaban J connectivity index is 1.79. The first-order valence-corrected chi connectivity index (χ1v) is 7.41. The van der Waals surface area contributed by atoms with Gasteiger partial charge in [0.2, 0.25) is 0 Å². The van der Waals surface area contributed by atoms with Crippen molar-refractivity contribution in [1.82, 2.24) is 10.3 Å². The molecule has 1 heterocycles. The van der Waals surface area contributed by atoms with Crippen molar-refractivity contribution in [2.45, 2.75) is 38.0 Å². The highest BCUT2D eigenvalue weighted by molar-refractivity contribution is 5.97. The van der Waals surface area contributed by atoms with E-state index in [1.807, 2.05) is 0 Å². The first-order chi connectivity index (χ1) is 11.2. The fourth-order valence-corrected chi connectivity index (χ4v) is 2.87. The van der Waals surface area contributed by atoms with Gasteiger partial charge in [0.15, 0.2) is 0 Å². The second-order valence-electron chi connectivity index (χ2n) is 6.27. The maximum atomic E-state index is 13.8. The molecule has 1 fully saturated rings. The van der Waals surface area contributed by atoms with Crippen LogP contribution in [0.1, 0.15) is 30.1 Å². The van der Waals surface area contributed by atoms with Crippen molar-refractivity contribution < 1.29 is 23.1 Å². The summed E-state index contributed by atoms with van der Waals surface area (Å²) < 4.78 is 38.5. The average Bonchev–Trinajstić information content (AvgIpc) is 2.45. The second kappa shape index (κ2) is 5.94. The third-order valence-electron chi connectivity index (χ3n) is 4.00. The van der Waals surface area contributed by atoms with E-state index in [0.29, 0.717) is 23.7 Å². The molecule has 3 rings (SSSR count). The number of halogens is 3. The van der Waals surface area contributed by atoms with E-state index >= 15 is 0 Å². The first-order valence-electron chi connectivity index (χ1n) is 7.41. The lowest BCUT2D eigenvalue weighted by Crippen LogP contribution is -2.53. The van der Waals surface area contributed by atoms with Gasteiger partial charge in [-0.05, 0) is 38.0 Å². The quantitative estimate of drug-likeness (QED) is 0.749. The minimum Gasteiger partial charge on any atom is -0.390 e. The van der Waals surface area contributed by atoms with Crippen molar-refractivity contribution in [2.24, 2.45) is 0 Å². The molecular formula is C16H16F3N3O2. The van der Waals surface area contributed by atoms with Gasteiger partial charge in [-0.2, -0.15) is 8.78 Å². The Bertz CT molecular complexity index is 787. The number of amides is 1. The molecule has 2 aromatic rings. The summed E-state index contributed by atoms with van der Waals surface area (Å²) in [6, 6.07) is 3.56. The normalized spacial score (nSPS) is 23.2. The molecule has 3 N–H and O–H groups in total. The average molecular weight is 339 g/mol. The number of rotatable bonds is 4. The zero-order valence-corrected chi connectivity index (χ0v) is 12.8. The van der Waals surface area contributed by atoms with Gasteiger partial charge in [-0.3, -0.25) is 9.78 Å². The van der Waals surface area contributed by atoms with Crippen LogP contribution < -0.4 is 10.6 Å². The molecule has 128 valence electrons. The van der Waals surface area contributed by atoms with Gasteiger partial charge in [0.1, 0.15) is 5.82 Å². The molecule has 1 aliphatic rings. The SMILES string of the molecule is CC1(O)CC(NC(=O)c2cnc3cc(NC(F)F)c(F)cc3c2)C1. The van der Waals surface area contributed by atoms with Crippen molar-refractivity contribution in [3.8, 4) is 0 Å². The number of aliphatic hydroxyl groups is 1. The van der Waals surface area contributed by atoms with Crippen LogP contribution in [0.4, 0.5) is 18.9 Å². The number of aromatic nitrogens is 1. The van der Waals surface area contributed by atoms with E-state index in [-0.39, 0.29) is 23.2 Å². The monoisotopic (exact) mass is 339 g/mol. The van der Waals surface area contributed by atoms with Gasteiger partial charge in [0.05, 0.1) is 22.4 Å².